The molecule has 7 heteroatoms. The number of amides is 3. The van der Waals surface area contributed by atoms with Gasteiger partial charge in [0.05, 0.1) is 10.7 Å². The van der Waals surface area contributed by atoms with E-state index in [1.54, 1.807) is 4.90 Å². The molecule has 3 rings (SSSR count). The van der Waals surface area contributed by atoms with Crippen LogP contribution >= 0.6 is 11.6 Å². The van der Waals surface area contributed by atoms with Crippen LogP contribution in [0, 0.1) is 0 Å². The Bertz CT molecular complexity index is 640. The molecule has 2 saturated heterocycles. The predicted octanol–water partition coefficient (Wildman–Crippen LogP) is 1.53. The van der Waals surface area contributed by atoms with Crippen LogP contribution in [0.25, 0.3) is 0 Å². The van der Waals surface area contributed by atoms with Crippen LogP contribution in [0.5, 0.6) is 0 Å². The highest BCUT2D eigenvalue weighted by Crippen LogP contribution is 2.26. The van der Waals surface area contributed by atoms with E-state index >= 15 is 0 Å². The third kappa shape index (κ3) is 3.53. The maximum Gasteiger partial charge on any atom is 0.229 e. The Labute approximate surface area is 146 Å². The molecule has 128 valence electrons. The molecule has 2 heterocycles. The first-order valence-corrected chi connectivity index (χ1v) is 8.54. The number of rotatable bonds is 4. The average molecular weight is 350 g/mol. The van der Waals surface area contributed by atoms with Crippen molar-refractivity contribution >= 4 is 35.0 Å². The Morgan fingerprint density at radius 2 is 1.62 bits per heavy atom. The number of imide groups is 1. The van der Waals surface area contributed by atoms with Crippen LogP contribution in [-0.4, -0.2) is 60.2 Å². The van der Waals surface area contributed by atoms with Crippen LogP contribution < -0.4 is 4.90 Å². The summed E-state index contributed by atoms with van der Waals surface area (Å²) < 4.78 is 0. The van der Waals surface area contributed by atoms with E-state index in [0.717, 1.165) is 18.8 Å². The summed E-state index contributed by atoms with van der Waals surface area (Å²) >= 11 is 6.21. The number of likely N-dealkylation sites (tertiary alicyclic amines) is 1. The number of hydrogen-bond acceptors (Lipinski definition) is 4. The molecule has 0 aromatic heterocycles. The fraction of sp³-hybridized carbons (Fsp3) is 0.471. The van der Waals surface area contributed by atoms with E-state index in [1.807, 2.05) is 24.3 Å². The van der Waals surface area contributed by atoms with Gasteiger partial charge in [-0.1, -0.05) is 23.7 Å². The summed E-state index contributed by atoms with van der Waals surface area (Å²) in [6.07, 6.45) is 0.733. The average Bonchev–Trinajstić information content (AvgIpc) is 2.91. The lowest BCUT2D eigenvalue weighted by Crippen LogP contribution is -2.49. The lowest BCUT2D eigenvalue weighted by Gasteiger charge is -2.36. The second kappa shape index (κ2) is 7.21. The molecule has 2 aliphatic rings. The normalized spacial score (nSPS) is 18.5. The van der Waals surface area contributed by atoms with Crippen LogP contribution in [0.15, 0.2) is 24.3 Å². The second-order valence-corrected chi connectivity index (χ2v) is 6.42. The smallest absolute Gasteiger partial charge is 0.229 e. The van der Waals surface area contributed by atoms with Crippen LogP contribution in [0.4, 0.5) is 5.69 Å². The third-order valence-corrected chi connectivity index (χ3v) is 4.85. The Kier molecular flexibility index (Phi) is 5.04. The van der Waals surface area contributed by atoms with E-state index < -0.39 is 0 Å². The lowest BCUT2D eigenvalue weighted by molar-refractivity contribution is -0.139. The largest absolute Gasteiger partial charge is 0.367 e. The van der Waals surface area contributed by atoms with Gasteiger partial charge in [0.2, 0.25) is 17.7 Å². The molecule has 0 saturated carbocycles. The van der Waals surface area contributed by atoms with Crippen molar-refractivity contribution in [1.82, 2.24) is 9.80 Å². The summed E-state index contributed by atoms with van der Waals surface area (Å²) in [5, 5.41) is 0.711. The van der Waals surface area contributed by atoms with Crippen molar-refractivity contribution in [3.05, 3.63) is 29.3 Å². The van der Waals surface area contributed by atoms with Crippen LogP contribution in [0.3, 0.4) is 0 Å². The zero-order valence-electron chi connectivity index (χ0n) is 13.4. The van der Waals surface area contributed by atoms with E-state index in [-0.39, 0.29) is 43.5 Å². The van der Waals surface area contributed by atoms with Crippen molar-refractivity contribution in [1.29, 1.82) is 0 Å². The van der Waals surface area contributed by atoms with Gasteiger partial charge in [0.15, 0.2) is 0 Å². The molecule has 0 aliphatic carbocycles. The quantitative estimate of drug-likeness (QED) is 0.773. The molecule has 6 nitrogen and oxygen atoms in total. The van der Waals surface area contributed by atoms with Crippen LogP contribution in [0.2, 0.25) is 5.02 Å². The summed E-state index contributed by atoms with van der Waals surface area (Å²) in [5.41, 5.74) is 0.986. The molecular weight excluding hydrogens is 330 g/mol. The number of hydrogen-bond donors (Lipinski definition) is 0. The highest BCUT2D eigenvalue weighted by Gasteiger charge is 2.30. The molecule has 2 fully saturated rings. The minimum atomic E-state index is -0.170. The van der Waals surface area contributed by atoms with E-state index in [0.29, 0.717) is 18.1 Å². The Morgan fingerprint density at radius 3 is 2.25 bits per heavy atom. The van der Waals surface area contributed by atoms with Gasteiger partial charge in [-0.05, 0) is 12.1 Å². The van der Waals surface area contributed by atoms with Gasteiger partial charge in [-0.3, -0.25) is 19.3 Å². The van der Waals surface area contributed by atoms with Gasteiger partial charge in [-0.15, -0.1) is 0 Å². The van der Waals surface area contributed by atoms with E-state index in [1.165, 1.54) is 4.90 Å². The van der Waals surface area contributed by atoms with E-state index in [2.05, 4.69) is 4.90 Å². The summed E-state index contributed by atoms with van der Waals surface area (Å²) in [6, 6.07) is 7.68. The summed E-state index contributed by atoms with van der Waals surface area (Å²) in [7, 11) is 0. The maximum atomic E-state index is 12.3. The number of anilines is 1. The summed E-state index contributed by atoms with van der Waals surface area (Å²) in [6.45, 7) is 2.87. The summed E-state index contributed by atoms with van der Waals surface area (Å²) in [5.74, 6) is -0.353. The molecular formula is C17H20ClN3O3. The molecule has 24 heavy (non-hydrogen) atoms. The topological polar surface area (TPSA) is 60.9 Å². The molecule has 0 atom stereocenters. The van der Waals surface area contributed by atoms with Gasteiger partial charge in [0.1, 0.15) is 0 Å². The Balaban J connectivity index is 1.49. The number of halogens is 1. The first-order valence-electron chi connectivity index (χ1n) is 8.16. The number of piperazine rings is 1. The fourth-order valence-corrected chi connectivity index (χ4v) is 3.40. The molecule has 0 N–H and O–H groups in total. The van der Waals surface area contributed by atoms with Crippen molar-refractivity contribution < 1.29 is 14.4 Å². The minimum Gasteiger partial charge on any atom is -0.367 e. The molecule has 2 aliphatic heterocycles. The number of carbonyl (C=O) groups excluding carboxylic acids is 3. The number of para-hydroxylation sites is 1. The molecule has 0 spiro atoms. The number of nitrogens with zero attached hydrogens (tertiary/aromatic N) is 3. The highest BCUT2D eigenvalue weighted by molar-refractivity contribution is 6.33. The molecule has 0 bridgehead atoms. The van der Waals surface area contributed by atoms with Crippen molar-refractivity contribution in [2.45, 2.75) is 19.3 Å². The van der Waals surface area contributed by atoms with Crippen molar-refractivity contribution in [3.8, 4) is 0 Å². The minimum absolute atomic E-state index is 0.0127. The summed E-state index contributed by atoms with van der Waals surface area (Å²) in [4.78, 5) is 40.6. The van der Waals surface area contributed by atoms with Crippen LogP contribution in [0.1, 0.15) is 19.3 Å². The zero-order valence-corrected chi connectivity index (χ0v) is 14.2. The standard InChI is InChI=1S/C17H20ClN3O3/c18-13-3-1-2-4-14(13)19-9-11-20(12-10-19)15(22)7-8-21-16(23)5-6-17(21)24/h1-4H,5-12H2. The monoisotopic (exact) mass is 349 g/mol. The predicted molar refractivity (Wildman–Crippen MR) is 90.8 cm³/mol. The van der Waals surface area contributed by atoms with Crippen molar-refractivity contribution in [3.63, 3.8) is 0 Å². The van der Waals surface area contributed by atoms with Gasteiger partial charge >= 0.3 is 0 Å². The van der Waals surface area contributed by atoms with Crippen LogP contribution in [-0.2, 0) is 14.4 Å². The van der Waals surface area contributed by atoms with Gasteiger partial charge in [0.25, 0.3) is 0 Å². The molecule has 0 unspecified atom stereocenters. The van der Waals surface area contributed by atoms with E-state index in [4.69, 9.17) is 11.6 Å². The molecule has 0 radical (unpaired) electrons. The van der Waals surface area contributed by atoms with Gasteiger partial charge in [-0.25, -0.2) is 0 Å². The van der Waals surface area contributed by atoms with Gasteiger partial charge in [-0.2, -0.15) is 0 Å². The first-order chi connectivity index (χ1) is 11.6. The first kappa shape index (κ1) is 16.8. The van der Waals surface area contributed by atoms with Gasteiger partial charge in [0, 0.05) is 52.0 Å². The highest BCUT2D eigenvalue weighted by atomic mass is 35.5. The number of benzene rings is 1. The maximum absolute atomic E-state index is 12.3. The zero-order chi connectivity index (χ0) is 17.1. The molecule has 3 amide bonds. The third-order valence-electron chi connectivity index (χ3n) is 4.53. The Hall–Kier alpha value is -2.08. The number of carbonyl (C=O) groups is 3. The van der Waals surface area contributed by atoms with Crippen molar-refractivity contribution in [2.75, 3.05) is 37.6 Å². The molecule has 1 aromatic rings. The van der Waals surface area contributed by atoms with Gasteiger partial charge < -0.3 is 9.80 Å². The fourth-order valence-electron chi connectivity index (χ4n) is 3.14. The second-order valence-electron chi connectivity index (χ2n) is 6.01. The molecule has 1 aromatic carbocycles. The SMILES string of the molecule is O=C(CCN1C(=O)CCC1=O)N1CCN(c2ccccc2Cl)CC1. The Morgan fingerprint density at radius 1 is 1.00 bits per heavy atom. The van der Waals surface area contributed by atoms with E-state index in [9.17, 15) is 14.4 Å². The lowest BCUT2D eigenvalue weighted by atomic mass is 10.2. The van der Waals surface area contributed by atoms with Crippen molar-refractivity contribution in [2.24, 2.45) is 0 Å².